The molecule has 3 nitrogen and oxygen atoms in total. The van der Waals surface area contributed by atoms with Crippen molar-refractivity contribution >= 4 is 6.09 Å². The molecular weight excluding hydrogens is 250 g/mol. The van der Waals surface area contributed by atoms with Crippen LogP contribution < -0.4 is 0 Å². The number of carbonyl (C=O) groups excluding carboxylic acids is 1. The molecule has 20 heavy (non-hydrogen) atoms. The summed E-state index contributed by atoms with van der Waals surface area (Å²) in [4.78, 5) is 14.4. The second-order valence-electron chi connectivity index (χ2n) is 7.65. The van der Waals surface area contributed by atoms with Crippen molar-refractivity contribution in [1.29, 1.82) is 0 Å². The van der Waals surface area contributed by atoms with Gasteiger partial charge in [-0.05, 0) is 59.3 Å². The van der Waals surface area contributed by atoms with E-state index in [1.54, 1.807) is 0 Å². The Bertz CT molecular complexity index is 307. The number of amides is 1. The molecule has 1 aliphatic heterocycles. The van der Waals surface area contributed by atoms with E-state index in [1.165, 1.54) is 19.3 Å². The minimum Gasteiger partial charge on any atom is -0.444 e. The molecule has 1 fully saturated rings. The van der Waals surface area contributed by atoms with Crippen molar-refractivity contribution in [2.75, 3.05) is 0 Å². The van der Waals surface area contributed by atoms with Gasteiger partial charge in [-0.3, -0.25) is 0 Å². The number of nitrogens with zero attached hydrogens (tertiary/aromatic N) is 1. The summed E-state index contributed by atoms with van der Waals surface area (Å²) >= 11 is 0. The average Bonchev–Trinajstić information content (AvgIpc) is 2.25. The molecule has 1 heterocycles. The van der Waals surface area contributed by atoms with E-state index >= 15 is 0 Å². The van der Waals surface area contributed by atoms with E-state index in [2.05, 4.69) is 20.8 Å². The van der Waals surface area contributed by atoms with Crippen molar-refractivity contribution in [3.05, 3.63) is 0 Å². The fourth-order valence-electron chi connectivity index (χ4n) is 2.98. The number of ether oxygens (including phenoxy) is 1. The second-order valence-corrected chi connectivity index (χ2v) is 7.65. The number of hydrogen-bond donors (Lipinski definition) is 0. The van der Waals surface area contributed by atoms with Crippen LogP contribution in [0.2, 0.25) is 0 Å². The maximum absolute atomic E-state index is 12.4. The lowest BCUT2D eigenvalue weighted by molar-refractivity contribution is -0.00437. The van der Waals surface area contributed by atoms with Crippen molar-refractivity contribution in [3.63, 3.8) is 0 Å². The summed E-state index contributed by atoms with van der Waals surface area (Å²) in [6.45, 7) is 12.5. The van der Waals surface area contributed by atoms with Gasteiger partial charge in [0.1, 0.15) is 5.60 Å². The van der Waals surface area contributed by atoms with Crippen LogP contribution in [-0.4, -0.2) is 28.7 Å². The first-order chi connectivity index (χ1) is 9.20. The third-order valence-corrected chi connectivity index (χ3v) is 3.95. The first kappa shape index (κ1) is 17.3. The van der Waals surface area contributed by atoms with Crippen molar-refractivity contribution in [3.8, 4) is 0 Å². The standard InChI is InChI=1S/C17H33NO2/c1-13(2)9-7-11-15-12-8-10-14(3)18(15)16(19)20-17(4,5)6/h13-15H,7-12H2,1-6H3/t14?,15-/m0/s1. The number of likely N-dealkylation sites (tertiary alicyclic amines) is 1. The van der Waals surface area contributed by atoms with E-state index in [0.717, 1.165) is 25.2 Å². The molecule has 0 bridgehead atoms. The van der Waals surface area contributed by atoms with Crippen LogP contribution >= 0.6 is 0 Å². The summed E-state index contributed by atoms with van der Waals surface area (Å²) in [5.74, 6) is 0.742. The van der Waals surface area contributed by atoms with Crippen LogP contribution in [0.5, 0.6) is 0 Å². The third-order valence-electron chi connectivity index (χ3n) is 3.95. The minimum atomic E-state index is -0.406. The highest BCUT2D eigenvalue weighted by molar-refractivity contribution is 5.69. The maximum atomic E-state index is 12.4. The lowest BCUT2D eigenvalue weighted by Crippen LogP contribution is -2.50. The summed E-state index contributed by atoms with van der Waals surface area (Å²) in [7, 11) is 0. The van der Waals surface area contributed by atoms with Crippen LogP contribution in [-0.2, 0) is 4.74 Å². The Hall–Kier alpha value is -0.730. The van der Waals surface area contributed by atoms with Gasteiger partial charge in [-0.15, -0.1) is 0 Å². The van der Waals surface area contributed by atoms with Gasteiger partial charge in [0.25, 0.3) is 0 Å². The van der Waals surface area contributed by atoms with Gasteiger partial charge in [-0.2, -0.15) is 0 Å². The zero-order valence-electron chi connectivity index (χ0n) is 14.2. The van der Waals surface area contributed by atoms with E-state index < -0.39 is 5.60 Å². The Balaban J connectivity index is 2.62. The molecule has 0 aromatic rings. The molecule has 1 aliphatic rings. The number of rotatable bonds is 4. The normalized spacial score (nSPS) is 24.1. The molecule has 0 saturated carbocycles. The van der Waals surface area contributed by atoms with Crippen LogP contribution in [0.15, 0.2) is 0 Å². The molecule has 0 spiro atoms. The number of piperidine rings is 1. The zero-order chi connectivity index (χ0) is 15.3. The second kappa shape index (κ2) is 7.33. The van der Waals surface area contributed by atoms with Gasteiger partial charge in [0.05, 0.1) is 0 Å². The van der Waals surface area contributed by atoms with E-state index in [-0.39, 0.29) is 6.09 Å². The SMILES string of the molecule is CC(C)CCC[C@H]1CCCC(C)N1C(=O)OC(C)(C)C. The Labute approximate surface area is 125 Å². The highest BCUT2D eigenvalue weighted by atomic mass is 16.6. The monoisotopic (exact) mass is 283 g/mol. The fraction of sp³-hybridized carbons (Fsp3) is 0.941. The van der Waals surface area contributed by atoms with E-state index in [1.807, 2.05) is 25.7 Å². The topological polar surface area (TPSA) is 29.5 Å². The molecule has 0 aliphatic carbocycles. The van der Waals surface area contributed by atoms with Gasteiger partial charge < -0.3 is 9.64 Å². The van der Waals surface area contributed by atoms with Crippen molar-refractivity contribution in [2.24, 2.45) is 5.92 Å². The van der Waals surface area contributed by atoms with Gasteiger partial charge in [-0.25, -0.2) is 4.79 Å². The highest BCUT2D eigenvalue weighted by Crippen LogP contribution is 2.28. The first-order valence-electron chi connectivity index (χ1n) is 8.22. The fourth-order valence-corrected chi connectivity index (χ4v) is 2.98. The molecule has 118 valence electrons. The molecule has 3 heteroatoms. The van der Waals surface area contributed by atoms with E-state index in [9.17, 15) is 4.79 Å². The molecule has 0 N–H and O–H groups in total. The first-order valence-corrected chi connectivity index (χ1v) is 8.22. The van der Waals surface area contributed by atoms with Gasteiger partial charge in [-0.1, -0.05) is 26.7 Å². The Morgan fingerprint density at radius 3 is 2.50 bits per heavy atom. The highest BCUT2D eigenvalue weighted by Gasteiger charge is 2.34. The summed E-state index contributed by atoms with van der Waals surface area (Å²) in [6, 6.07) is 0.676. The number of carbonyl (C=O) groups is 1. The summed E-state index contributed by atoms with van der Waals surface area (Å²) in [5.41, 5.74) is -0.406. The predicted molar refractivity (Wildman–Crippen MR) is 83.9 cm³/mol. The van der Waals surface area contributed by atoms with Crippen LogP contribution in [0.4, 0.5) is 4.79 Å². The Morgan fingerprint density at radius 1 is 1.30 bits per heavy atom. The largest absolute Gasteiger partial charge is 0.444 e. The number of hydrogen-bond acceptors (Lipinski definition) is 2. The molecule has 1 saturated heterocycles. The molecule has 1 amide bonds. The third kappa shape index (κ3) is 5.72. The van der Waals surface area contributed by atoms with Crippen molar-refractivity contribution in [2.45, 2.75) is 97.8 Å². The van der Waals surface area contributed by atoms with Crippen molar-refractivity contribution in [1.82, 2.24) is 4.90 Å². The maximum Gasteiger partial charge on any atom is 0.410 e. The quantitative estimate of drug-likeness (QED) is 0.727. The molecule has 2 atom stereocenters. The zero-order valence-corrected chi connectivity index (χ0v) is 14.2. The molecule has 0 aromatic heterocycles. The lowest BCUT2D eigenvalue weighted by Gasteiger charge is -2.41. The van der Waals surface area contributed by atoms with Gasteiger partial charge in [0.15, 0.2) is 0 Å². The van der Waals surface area contributed by atoms with Gasteiger partial charge >= 0.3 is 6.09 Å². The lowest BCUT2D eigenvalue weighted by atomic mass is 9.92. The van der Waals surface area contributed by atoms with Crippen LogP contribution in [0.1, 0.15) is 80.1 Å². The van der Waals surface area contributed by atoms with Crippen LogP contribution in [0, 0.1) is 5.92 Å². The average molecular weight is 283 g/mol. The molecule has 1 rings (SSSR count). The van der Waals surface area contributed by atoms with Crippen molar-refractivity contribution < 1.29 is 9.53 Å². The molecule has 0 aromatic carbocycles. The van der Waals surface area contributed by atoms with Gasteiger partial charge in [0.2, 0.25) is 0 Å². The van der Waals surface area contributed by atoms with E-state index in [4.69, 9.17) is 4.74 Å². The predicted octanol–water partition coefficient (Wildman–Crippen LogP) is 4.99. The van der Waals surface area contributed by atoms with Gasteiger partial charge in [0, 0.05) is 12.1 Å². The molecule has 1 unspecified atom stereocenters. The Kier molecular flexibility index (Phi) is 6.35. The summed E-state index contributed by atoms with van der Waals surface area (Å²) < 4.78 is 5.59. The smallest absolute Gasteiger partial charge is 0.410 e. The van der Waals surface area contributed by atoms with Crippen LogP contribution in [0.25, 0.3) is 0 Å². The minimum absolute atomic E-state index is 0.126. The molecule has 0 radical (unpaired) electrons. The molecular formula is C17H33NO2. The summed E-state index contributed by atoms with van der Waals surface area (Å²) in [6.07, 6.45) is 6.89. The Morgan fingerprint density at radius 2 is 1.95 bits per heavy atom. The summed E-state index contributed by atoms with van der Waals surface area (Å²) in [5, 5.41) is 0. The van der Waals surface area contributed by atoms with E-state index in [0.29, 0.717) is 12.1 Å². The van der Waals surface area contributed by atoms with Crippen LogP contribution in [0.3, 0.4) is 0 Å².